The Morgan fingerprint density at radius 2 is 2.47 bits per heavy atom. The minimum atomic E-state index is -0.197. The number of carbonyl (C=O) groups is 1. The molecule has 0 radical (unpaired) electrons. The summed E-state index contributed by atoms with van der Waals surface area (Å²) in [5, 5.41) is 11.3. The van der Waals surface area contributed by atoms with Gasteiger partial charge in [-0.05, 0) is 25.0 Å². The number of hydrogen-bond acceptors (Lipinski definition) is 3. The number of nitrogens with one attached hydrogen (secondary N) is 1. The molecule has 1 heterocycles. The van der Waals surface area contributed by atoms with Crippen molar-refractivity contribution in [2.24, 2.45) is 0 Å². The van der Waals surface area contributed by atoms with Crippen molar-refractivity contribution in [1.82, 2.24) is 10.3 Å². The highest BCUT2D eigenvalue weighted by Gasteiger charge is 2.13. The number of hydrogen-bond donors (Lipinski definition) is 2. The van der Waals surface area contributed by atoms with Gasteiger partial charge in [-0.3, -0.25) is 9.78 Å². The third-order valence-corrected chi connectivity index (χ3v) is 2.21. The van der Waals surface area contributed by atoms with Crippen LogP contribution in [0.1, 0.15) is 24.8 Å². The lowest BCUT2D eigenvalue weighted by Gasteiger charge is -2.11. The van der Waals surface area contributed by atoms with Gasteiger partial charge in [0.1, 0.15) is 0 Å². The zero-order chi connectivity index (χ0) is 11.1. The van der Waals surface area contributed by atoms with E-state index in [1.807, 2.05) is 19.1 Å². The van der Waals surface area contributed by atoms with Crippen molar-refractivity contribution >= 4 is 5.91 Å². The quantitative estimate of drug-likeness (QED) is 0.700. The molecule has 1 rings (SSSR count). The van der Waals surface area contributed by atoms with Crippen molar-refractivity contribution in [3.05, 3.63) is 30.1 Å². The van der Waals surface area contributed by atoms with Crippen LogP contribution in [0.2, 0.25) is 0 Å². The summed E-state index contributed by atoms with van der Waals surface area (Å²) in [6.45, 7) is 2.45. The minimum Gasteiger partial charge on any atom is -0.396 e. The summed E-state index contributed by atoms with van der Waals surface area (Å²) in [4.78, 5) is 15.6. The second-order valence-electron chi connectivity index (χ2n) is 3.38. The highest BCUT2D eigenvalue weighted by molar-refractivity contribution is 5.82. The first-order valence-corrected chi connectivity index (χ1v) is 5.04. The lowest BCUT2D eigenvalue weighted by molar-refractivity contribution is -0.122. The smallest absolute Gasteiger partial charge is 0.227 e. The molecule has 0 aliphatic heterocycles. The largest absolute Gasteiger partial charge is 0.396 e. The summed E-state index contributed by atoms with van der Waals surface area (Å²) < 4.78 is 0. The summed E-state index contributed by atoms with van der Waals surface area (Å²) in [6, 6.07) is 3.69. The Kier molecular flexibility index (Phi) is 4.77. The van der Waals surface area contributed by atoms with Crippen LogP contribution in [0.15, 0.2) is 24.5 Å². The molecule has 82 valence electrons. The minimum absolute atomic E-state index is 0.0311. The zero-order valence-electron chi connectivity index (χ0n) is 8.81. The molecule has 1 aromatic heterocycles. The van der Waals surface area contributed by atoms with Gasteiger partial charge in [0, 0.05) is 25.5 Å². The molecule has 1 unspecified atom stereocenters. The first-order chi connectivity index (χ1) is 7.25. The molecule has 2 N–H and O–H groups in total. The number of aliphatic hydroxyl groups is 1. The maximum atomic E-state index is 11.6. The number of aromatic nitrogens is 1. The lowest BCUT2D eigenvalue weighted by Crippen LogP contribution is -2.29. The fourth-order valence-corrected chi connectivity index (χ4v) is 1.23. The Hall–Kier alpha value is -1.42. The number of amides is 1. The number of aliphatic hydroxyl groups excluding tert-OH is 1. The zero-order valence-corrected chi connectivity index (χ0v) is 8.81. The molecule has 15 heavy (non-hydrogen) atoms. The van der Waals surface area contributed by atoms with Crippen molar-refractivity contribution in [2.45, 2.75) is 19.3 Å². The van der Waals surface area contributed by atoms with Gasteiger partial charge >= 0.3 is 0 Å². The van der Waals surface area contributed by atoms with Crippen molar-refractivity contribution in [2.75, 3.05) is 13.2 Å². The van der Waals surface area contributed by atoms with E-state index in [0.717, 1.165) is 5.56 Å². The predicted octanol–water partition coefficient (Wildman–Crippen LogP) is 0.684. The fraction of sp³-hybridized carbons (Fsp3) is 0.455. The summed E-state index contributed by atoms with van der Waals surface area (Å²) in [6.07, 6.45) is 3.96. The van der Waals surface area contributed by atoms with E-state index in [1.54, 1.807) is 12.4 Å². The van der Waals surface area contributed by atoms with E-state index in [0.29, 0.717) is 13.0 Å². The first kappa shape index (κ1) is 11.7. The molecule has 4 nitrogen and oxygen atoms in total. The summed E-state index contributed by atoms with van der Waals surface area (Å²) >= 11 is 0. The van der Waals surface area contributed by atoms with E-state index >= 15 is 0 Å². The summed E-state index contributed by atoms with van der Waals surface area (Å²) in [5.41, 5.74) is 0.902. The van der Waals surface area contributed by atoms with E-state index in [2.05, 4.69) is 10.3 Å². The molecule has 0 aromatic carbocycles. The Morgan fingerprint density at radius 3 is 3.07 bits per heavy atom. The standard InChI is InChI=1S/C11H16N2O2/c1-9(10-4-2-5-12-8-10)11(15)13-6-3-7-14/h2,4-5,8-9,14H,3,6-7H2,1H3,(H,13,15). The molecule has 0 aliphatic carbocycles. The fourth-order valence-electron chi connectivity index (χ4n) is 1.23. The number of rotatable bonds is 5. The summed E-state index contributed by atoms with van der Waals surface area (Å²) in [5.74, 6) is -0.228. The second kappa shape index (κ2) is 6.14. The number of nitrogens with zero attached hydrogens (tertiary/aromatic N) is 1. The van der Waals surface area contributed by atoms with Crippen LogP contribution in [-0.4, -0.2) is 29.1 Å². The topological polar surface area (TPSA) is 62.2 Å². The van der Waals surface area contributed by atoms with Crippen LogP contribution < -0.4 is 5.32 Å². The molecule has 0 saturated heterocycles. The molecule has 0 aliphatic rings. The molecule has 0 spiro atoms. The first-order valence-electron chi connectivity index (χ1n) is 5.04. The molecule has 1 atom stereocenters. The molecule has 1 amide bonds. The van der Waals surface area contributed by atoms with Crippen LogP contribution in [-0.2, 0) is 4.79 Å². The molecule has 4 heteroatoms. The van der Waals surface area contributed by atoms with Crippen LogP contribution in [0.5, 0.6) is 0 Å². The third-order valence-electron chi connectivity index (χ3n) is 2.21. The van der Waals surface area contributed by atoms with Crippen molar-refractivity contribution in [3.63, 3.8) is 0 Å². The van der Waals surface area contributed by atoms with E-state index in [9.17, 15) is 4.79 Å². The van der Waals surface area contributed by atoms with Crippen molar-refractivity contribution < 1.29 is 9.90 Å². The van der Waals surface area contributed by atoms with Gasteiger partial charge in [-0.15, -0.1) is 0 Å². The normalized spacial score (nSPS) is 12.1. The van der Waals surface area contributed by atoms with E-state index in [-0.39, 0.29) is 18.4 Å². The van der Waals surface area contributed by atoms with Gasteiger partial charge < -0.3 is 10.4 Å². The predicted molar refractivity (Wildman–Crippen MR) is 57.4 cm³/mol. The Balaban J connectivity index is 2.46. The monoisotopic (exact) mass is 208 g/mol. The van der Waals surface area contributed by atoms with Gasteiger partial charge in [0.05, 0.1) is 5.92 Å². The van der Waals surface area contributed by atoms with E-state index < -0.39 is 0 Å². The molecular formula is C11H16N2O2. The van der Waals surface area contributed by atoms with Gasteiger partial charge in [0.15, 0.2) is 0 Å². The van der Waals surface area contributed by atoms with Gasteiger partial charge in [0.2, 0.25) is 5.91 Å². The average Bonchev–Trinajstić information content (AvgIpc) is 2.29. The average molecular weight is 208 g/mol. The van der Waals surface area contributed by atoms with Crippen LogP contribution in [0.3, 0.4) is 0 Å². The van der Waals surface area contributed by atoms with E-state index in [4.69, 9.17) is 5.11 Å². The maximum absolute atomic E-state index is 11.6. The number of carbonyl (C=O) groups excluding carboxylic acids is 1. The van der Waals surface area contributed by atoms with Crippen LogP contribution in [0, 0.1) is 0 Å². The summed E-state index contributed by atoms with van der Waals surface area (Å²) in [7, 11) is 0. The highest BCUT2D eigenvalue weighted by Crippen LogP contribution is 2.12. The maximum Gasteiger partial charge on any atom is 0.227 e. The van der Waals surface area contributed by atoms with Gasteiger partial charge in [-0.25, -0.2) is 0 Å². The molecule has 1 aromatic rings. The highest BCUT2D eigenvalue weighted by atomic mass is 16.3. The van der Waals surface area contributed by atoms with Crippen LogP contribution in [0.25, 0.3) is 0 Å². The van der Waals surface area contributed by atoms with Gasteiger partial charge in [-0.2, -0.15) is 0 Å². The molecule has 0 fully saturated rings. The Labute approximate surface area is 89.3 Å². The Morgan fingerprint density at radius 1 is 1.67 bits per heavy atom. The lowest BCUT2D eigenvalue weighted by atomic mass is 10.0. The second-order valence-corrected chi connectivity index (χ2v) is 3.38. The molecule has 0 bridgehead atoms. The SMILES string of the molecule is CC(C(=O)NCCCO)c1cccnc1. The van der Waals surface area contributed by atoms with Gasteiger partial charge in [0.25, 0.3) is 0 Å². The van der Waals surface area contributed by atoms with Crippen molar-refractivity contribution in [3.8, 4) is 0 Å². The van der Waals surface area contributed by atoms with E-state index in [1.165, 1.54) is 0 Å². The van der Waals surface area contributed by atoms with Gasteiger partial charge in [-0.1, -0.05) is 6.07 Å². The van der Waals surface area contributed by atoms with Crippen LogP contribution >= 0.6 is 0 Å². The van der Waals surface area contributed by atoms with Crippen molar-refractivity contribution in [1.29, 1.82) is 0 Å². The van der Waals surface area contributed by atoms with Crippen LogP contribution in [0.4, 0.5) is 0 Å². The molecule has 0 saturated carbocycles. The Bertz CT molecular complexity index is 301. The molecular weight excluding hydrogens is 192 g/mol. The number of pyridine rings is 1. The third kappa shape index (κ3) is 3.67.